The lowest BCUT2D eigenvalue weighted by molar-refractivity contribution is -0.145. The van der Waals surface area contributed by atoms with Gasteiger partial charge in [-0.2, -0.15) is 0 Å². The monoisotopic (exact) mass is 282 g/mol. The Kier molecular flexibility index (Phi) is 4.32. The van der Waals surface area contributed by atoms with E-state index in [0.29, 0.717) is 18.0 Å². The Hall–Kier alpha value is -1.26. The largest absolute Gasteiger partial charge is 0.479 e. The van der Waals surface area contributed by atoms with Crippen molar-refractivity contribution in [2.45, 2.75) is 25.3 Å². The lowest BCUT2D eigenvalue weighted by Gasteiger charge is -2.42. The molecule has 0 bridgehead atoms. The minimum Gasteiger partial charge on any atom is -0.479 e. The Bertz CT molecular complexity index is 467. The Morgan fingerprint density at radius 2 is 2.42 bits per heavy atom. The molecule has 0 aliphatic carbocycles. The molecule has 104 valence electrons. The predicted molar refractivity (Wildman–Crippen MR) is 76.7 cm³/mol. The van der Waals surface area contributed by atoms with Crippen molar-refractivity contribution < 1.29 is 9.90 Å². The fourth-order valence-corrected chi connectivity index (χ4v) is 2.95. The molecule has 1 heterocycles. The number of nitrogens with one attached hydrogen (secondary N) is 2. The highest BCUT2D eigenvalue weighted by atomic mass is 35.5. The molecule has 1 aromatic carbocycles. The molecule has 1 aromatic rings. The summed E-state index contributed by atoms with van der Waals surface area (Å²) in [6.07, 6.45) is 1.38. The van der Waals surface area contributed by atoms with Gasteiger partial charge in [-0.05, 0) is 37.6 Å². The van der Waals surface area contributed by atoms with Crippen molar-refractivity contribution >= 4 is 23.3 Å². The van der Waals surface area contributed by atoms with E-state index in [1.165, 1.54) is 0 Å². The van der Waals surface area contributed by atoms with Crippen molar-refractivity contribution in [3.63, 3.8) is 0 Å². The van der Waals surface area contributed by atoms with E-state index in [1.807, 2.05) is 19.1 Å². The van der Waals surface area contributed by atoms with Crippen LogP contribution in [0.15, 0.2) is 24.3 Å². The van der Waals surface area contributed by atoms with Crippen molar-refractivity contribution in [3.05, 3.63) is 29.3 Å². The van der Waals surface area contributed by atoms with Gasteiger partial charge in [-0.1, -0.05) is 24.6 Å². The van der Waals surface area contributed by atoms with Gasteiger partial charge in [-0.25, -0.2) is 4.79 Å². The van der Waals surface area contributed by atoms with E-state index in [1.54, 1.807) is 12.1 Å². The zero-order valence-electron chi connectivity index (χ0n) is 10.9. The van der Waals surface area contributed by atoms with E-state index in [9.17, 15) is 9.90 Å². The first kappa shape index (κ1) is 14.2. The average Bonchev–Trinajstić information content (AvgIpc) is 2.39. The van der Waals surface area contributed by atoms with Crippen LogP contribution in [0.1, 0.15) is 19.8 Å². The number of carbonyl (C=O) groups is 1. The van der Waals surface area contributed by atoms with Gasteiger partial charge < -0.3 is 15.7 Å². The van der Waals surface area contributed by atoms with Gasteiger partial charge >= 0.3 is 5.97 Å². The first-order valence-corrected chi connectivity index (χ1v) is 6.94. The molecule has 0 saturated carbocycles. The molecule has 1 aliphatic heterocycles. The summed E-state index contributed by atoms with van der Waals surface area (Å²) in [5, 5.41) is 16.8. The standard InChI is InChI=1S/C14H19ClN2O2/c1-2-10-9-16-7-6-14(10,13(18)19)17-12-5-3-4-11(15)8-12/h3-5,8,10,16-17H,2,6-7,9H2,1H3,(H,18,19). The molecule has 2 atom stereocenters. The SMILES string of the molecule is CCC1CNCCC1(Nc1cccc(Cl)c1)C(=O)O. The van der Waals surface area contributed by atoms with Crippen LogP contribution in [0, 0.1) is 5.92 Å². The topological polar surface area (TPSA) is 61.4 Å². The van der Waals surface area contributed by atoms with Crippen LogP contribution in [0.2, 0.25) is 5.02 Å². The molecule has 3 N–H and O–H groups in total. The summed E-state index contributed by atoms with van der Waals surface area (Å²) in [4.78, 5) is 11.8. The molecule has 19 heavy (non-hydrogen) atoms. The van der Waals surface area contributed by atoms with Crippen LogP contribution in [0.25, 0.3) is 0 Å². The van der Waals surface area contributed by atoms with Crippen LogP contribution >= 0.6 is 11.6 Å². The summed E-state index contributed by atoms with van der Waals surface area (Å²) in [7, 11) is 0. The minimum atomic E-state index is -0.912. The smallest absolute Gasteiger partial charge is 0.329 e. The maximum absolute atomic E-state index is 11.8. The average molecular weight is 283 g/mol. The van der Waals surface area contributed by atoms with Crippen LogP contribution < -0.4 is 10.6 Å². The Morgan fingerprint density at radius 1 is 1.63 bits per heavy atom. The highest BCUT2D eigenvalue weighted by Gasteiger charge is 2.46. The summed E-state index contributed by atoms with van der Waals surface area (Å²) >= 11 is 5.96. The van der Waals surface area contributed by atoms with Crippen molar-refractivity contribution in [1.82, 2.24) is 5.32 Å². The van der Waals surface area contributed by atoms with Gasteiger partial charge in [0.05, 0.1) is 0 Å². The normalized spacial score (nSPS) is 26.9. The Morgan fingerprint density at radius 3 is 3.05 bits per heavy atom. The van der Waals surface area contributed by atoms with Gasteiger partial charge in [0, 0.05) is 23.2 Å². The first-order valence-electron chi connectivity index (χ1n) is 6.56. The number of hydrogen-bond acceptors (Lipinski definition) is 3. The molecule has 0 aromatic heterocycles. The molecule has 1 saturated heterocycles. The van der Waals surface area contributed by atoms with Crippen molar-refractivity contribution in [3.8, 4) is 0 Å². The lowest BCUT2D eigenvalue weighted by Crippen LogP contribution is -2.59. The van der Waals surface area contributed by atoms with E-state index in [2.05, 4.69) is 10.6 Å². The number of anilines is 1. The number of carboxylic acid groups (broad SMARTS) is 1. The van der Waals surface area contributed by atoms with Crippen LogP contribution in [0.4, 0.5) is 5.69 Å². The number of carboxylic acids is 1. The van der Waals surface area contributed by atoms with Gasteiger partial charge in [0.1, 0.15) is 5.54 Å². The summed E-state index contributed by atoms with van der Waals surface area (Å²) < 4.78 is 0. The lowest BCUT2D eigenvalue weighted by atomic mass is 9.76. The fourth-order valence-electron chi connectivity index (χ4n) is 2.76. The van der Waals surface area contributed by atoms with E-state index >= 15 is 0 Å². The molecule has 0 spiro atoms. The number of rotatable bonds is 4. The Balaban J connectivity index is 2.31. The number of benzene rings is 1. The van der Waals surface area contributed by atoms with E-state index in [4.69, 9.17) is 11.6 Å². The second-order valence-corrected chi connectivity index (χ2v) is 5.41. The number of aliphatic carboxylic acids is 1. The molecule has 2 rings (SSSR count). The van der Waals surface area contributed by atoms with Crippen LogP contribution in [-0.4, -0.2) is 29.7 Å². The molecular weight excluding hydrogens is 264 g/mol. The van der Waals surface area contributed by atoms with Crippen LogP contribution in [0.5, 0.6) is 0 Å². The third-order valence-corrected chi connectivity index (χ3v) is 4.09. The van der Waals surface area contributed by atoms with Gasteiger partial charge in [0.25, 0.3) is 0 Å². The molecule has 1 fully saturated rings. The highest BCUT2D eigenvalue weighted by Crippen LogP contribution is 2.32. The van der Waals surface area contributed by atoms with Gasteiger partial charge in [0.15, 0.2) is 0 Å². The summed E-state index contributed by atoms with van der Waals surface area (Å²) in [5.74, 6) is -0.737. The third-order valence-electron chi connectivity index (χ3n) is 3.85. The first-order chi connectivity index (χ1) is 9.08. The van der Waals surface area contributed by atoms with Gasteiger partial charge in [-0.3, -0.25) is 0 Å². The number of halogens is 1. The summed E-state index contributed by atoms with van der Waals surface area (Å²) in [5.41, 5.74) is -0.153. The Labute approximate surface area is 118 Å². The zero-order valence-corrected chi connectivity index (χ0v) is 11.7. The highest BCUT2D eigenvalue weighted by molar-refractivity contribution is 6.30. The predicted octanol–water partition coefficient (Wildman–Crippen LogP) is 2.59. The van der Waals surface area contributed by atoms with E-state index in [0.717, 1.165) is 18.7 Å². The minimum absolute atomic E-state index is 0.0535. The van der Waals surface area contributed by atoms with Gasteiger partial charge in [0.2, 0.25) is 0 Å². The molecule has 0 radical (unpaired) electrons. The number of hydrogen-bond donors (Lipinski definition) is 3. The molecular formula is C14H19ClN2O2. The third kappa shape index (κ3) is 2.85. The van der Waals surface area contributed by atoms with Crippen molar-refractivity contribution in [2.24, 2.45) is 5.92 Å². The second-order valence-electron chi connectivity index (χ2n) is 4.97. The fraction of sp³-hybridized carbons (Fsp3) is 0.500. The molecule has 1 aliphatic rings. The van der Waals surface area contributed by atoms with Crippen molar-refractivity contribution in [2.75, 3.05) is 18.4 Å². The maximum Gasteiger partial charge on any atom is 0.329 e. The van der Waals surface area contributed by atoms with E-state index in [-0.39, 0.29) is 5.92 Å². The van der Waals surface area contributed by atoms with Crippen LogP contribution in [-0.2, 0) is 4.79 Å². The molecule has 0 amide bonds. The van der Waals surface area contributed by atoms with E-state index < -0.39 is 11.5 Å². The molecule has 2 unspecified atom stereocenters. The summed E-state index contributed by atoms with van der Waals surface area (Å²) in [6, 6.07) is 7.22. The quantitative estimate of drug-likeness (QED) is 0.794. The van der Waals surface area contributed by atoms with Crippen molar-refractivity contribution in [1.29, 1.82) is 0 Å². The second kappa shape index (κ2) is 5.80. The van der Waals surface area contributed by atoms with Gasteiger partial charge in [-0.15, -0.1) is 0 Å². The summed E-state index contributed by atoms with van der Waals surface area (Å²) in [6.45, 7) is 3.45. The maximum atomic E-state index is 11.8. The number of piperidine rings is 1. The zero-order chi connectivity index (χ0) is 13.9. The van der Waals surface area contributed by atoms with Crippen LogP contribution in [0.3, 0.4) is 0 Å². The molecule has 4 nitrogen and oxygen atoms in total. The molecule has 5 heteroatoms.